The lowest BCUT2D eigenvalue weighted by Gasteiger charge is -2.29. The Kier molecular flexibility index (Phi) is 6.69. The third kappa shape index (κ3) is 4.78. The van der Waals surface area contributed by atoms with Crippen LogP contribution in [0.1, 0.15) is 50.9 Å². The highest BCUT2D eigenvalue weighted by atomic mass is 35.5. The number of pyridine rings is 2. The molecule has 0 bridgehead atoms. The van der Waals surface area contributed by atoms with Gasteiger partial charge < -0.3 is 4.57 Å². The Morgan fingerprint density at radius 1 is 1.20 bits per heavy atom. The van der Waals surface area contributed by atoms with Crippen LogP contribution in [0.15, 0.2) is 52.2 Å². The van der Waals surface area contributed by atoms with Gasteiger partial charge in [-0.25, -0.2) is 23.5 Å². The summed E-state index contributed by atoms with van der Waals surface area (Å²) in [6.07, 6.45) is 8.57. The Balaban J connectivity index is 1.64. The van der Waals surface area contributed by atoms with Crippen molar-refractivity contribution in [2.45, 2.75) is 51.7 Å². The number of hydrogen-bond donors (Lipinski definition) is 1. The number of fused-ring (bicyclic) bond motifs is 1. The van der Waals surface area contributed by atoms with E-state index in [1.54, 1.807) is 18.3 Å². The molecular weight excluding hydrogens is 540 g/mol. The van der Waals surface area contributed by atoms with Gasteiger partial charge in [0.1, 0.15) is 17.2 Å². The zero-order chi connectivity index (χ0) is 28.0. The Morgan fingerprint density at radius 3 is 2.70 bits per heavy atom. The maximum absolute atomic E-state index is 16.9. The lowest BCUT2D eigenvalue weighted by molar-refractivity contribution is 0.209. The molecule has 9 nitrogen and oxygen atoms in total. The van der Waals surface area contributed by atoms with Gasteiger partial charge in [-0.3, -0.25) is 19.5 Å². The summed E-state index contributed by atoms with van der Waals surface area (Å²) < 4.78 is 38.3. The quantitative estimate of drug-likeness (QED) is 0.265. The molecule has 0 radical (unpaired) electrons. The summed E-state index contributed by atoms with van der Waals surface area (Å²) in [6.45, 7) is 4.02. The van der Waals surface area contributed by atoms with E-state index in [1.807, 2.05) is 4.57 Å². The number of H-pyrrole nitrogens is 1. The van der Waals surface area contributed by atoms with Gasteiger partial charge in [-0.15, -0.1) is 0 Å². The molecule has 1 aliphatic carbocycles. The molecule has 0 amide bonds. The number of nitrogens with zero attached hydrogens (tertiary/aromatic N) is 6. The highest BCUT2D eigenvalue weighted by molar-refractivity contribution is 6.30. The Bertz CT molecular complexity index is 1760. The first-order valence-electron chi connectivity index (χ1n) is 13.1. The van der Waals surface area contributed by atoms with Crippen molar-refractivity contribution < 1.29 is 13.3 Å². The largest absolute Gasteiger partial charge is 0.439 e. The molecule has 1 saturated carbocycles. The van der Waals surface area contributed by atoms with Crippen LogP contribution in [0.2, 0.25) is 5.02 Å². The third-order valence-corrected chi connectivity index (χ3v) is 7.84. The van der Waals surface area contributed by atoms with Crippen LogP contribution in [0.3, 0.4) is 0 Å². The van der Waals surface area contributed by atoms with E-state index < -0.39 is 17.2 Å². The summed E-state index contributed by atoms with van der Waals surface area (Å²) >= 11 is 6.29. The molecule has 0 unspecified atom stereocenters. The van der Waals surface area contributed by atoms with Gasteiger partial charge in [-0.1, -0.05) is 36.5 Å². The molecule has 1 N–H and O–H groups in total. The van der Waals surface area contributed by atoms with Gasteiger partial charge in [-0.05, 0) is 55.9 Å². The molecule has 0 spiro atoms. The minimum Gasteiger partial charge on any atom is -0.338 e. The fourth-order valence-corrected chi connectivity index (χ4v) is 5.72. The lowest BCUT2D eigenvalue weighted by Crippen LogP contribution is -2.27. The molecule has 0 aliphatic heterocycles. The van der Waals surface area contributed by atoms with E-state index in [4.69, 9.17) is 16.6 Å². The molecule has 1 aliphatic rings. The second kappa shape index (κ2) is 10.2. The molecule has 206 valence electrons. The molecule has 0 aromatic carbocycles. The van der Waals surface area contributed by atoms with Crippen LogP contribution >= 0.6 is 11.6 Å². The molecule has 6 rings (SSSR count). The van der Waals surface area contributed by atoms with Gasteiger partial charge in [0.15, 0.2) is 5.67 Å². The molecule has 1 fully saturated rings. The number of nitrogens with one attached hydrogen (secondary N) is 1. The fourth-order valence-electron chi connectivity index (χ4n) is 5.54. The molecule has 1 atom stereocenters. The SMILES string of the molecule is CC1CCC(Cn2c([C@@](C)(F)c3ncccc3F)cc3nc(-c4noc(=O)[nH]4)nc(-c4cncc(Cl)c4)c32)CC1. The molecule has 5 aromatic heterocycles. The zero-order valence-electron chi connectivity index (χ0n) is 21.9. The average Bonchev–Trinajstić information content (AvgIpc) is 3.53. The van der Waals surface area contributed by atoms with Crippen molar-refractivity contribution in [1.82, 2.24) is 34.6 Å². The zero-order valence-corrected chi connectivity index (χ0v) is 22.6. The monoisotopic (exact) mass is 565 g/mol. The smallest absolute Gasteiger partial charge is 0.338 e. The van der Waals surface area contributed by atoms with Crippen molar-refractivity contribution in [3.05, 3.63) is 75.6 Å². The predicted octanol–water partition coefficient (Wildman–Crippen LogP) is 6.08. The number of rotatable bonds is 6. The van der Waals surface area contributed by atoms with Crippen molar-refractivity contribution in [3.63, 3.8) is 0 Å². The standard InChI is InChI=1S/C28H26ClF2N7O2/c1-15-5-7-16(8-6-15)14-38-21(28(2,31)24-19(30)4-3-9-33-24)11-20-23(38)22(17-10-18(29)13-32-12-17)35-25(34-20)26-36-27(39)40-37-26/h3-4,9-13,15-16H,5-8,14H2,1-2H3,(H,36,37,39)/t15?,16?,28-/m1/s1. The van der Waals surface area contributed by atoms with Gasteiger partial charge in [0.05, 0.1) is 21.7 Å². The fraction of sp³-hybridized carbons (Fsp3) is 0.357. The average molecular weight is 566 g/mol. The van der Waals surface area contributed by atoms with E-state index in [1.165, 1.54) is 31.5 Å². The van der Waals surface area contributed by atoms with Gasteiger partial charge >= 0.3 is 5.76 Å². The summed E-state index contributed by atoms with van der Waals surface area (Å²) in [5.41, 5.74) is -0.561. The van der Waals surface area contributed by atoms with Gasteiger partial charge in [0.2, 0.25) is 11.6 Å². The van der Waals surface area contributed by atoms with E-state index >= 15 is 4.39 Å². The Labute approximate surface area is 232 Å². The summed E-state index contributed by atoms with van der Waals surface area (Å²) in [6, 6.07) is 5.89. The van der Waals surface area contributed by atoms with E-state index in [0.29, 0.717) is 39.8 Å². The molecular formula is C28H26ClF2N7O2. The number of aromatic nitrogens is 7. The predicted molar refractivity (Wildman–Crippen MR) is 145 cm³/mol. The first-order valence-corrected chi connectivity index (χ1v) is 13.5. The number of hydrogen-bond acceptors (Lipinski definition) is 7. The first kappa shape index (κ1) is 26.2. The first-order chi connectivity index (χ1) is 19.2. The number of halogens is 3. The van der Waals surface area contributed by atoms with E-state index in [2.05, 4.69) is 36.5 Å². The number of aromatic amines is 1. The van der Waals surface area contributed by atoms with Crippen molar-refractivity contribution in [2.75, 3.05) is 0 Å². The van der Waals surface area contributed by atoms with E-state index in [9.17, 15) is 9.18 Å². The summed E-state index contributed by atoms with van der Waals surface area (Å²) in [5, 5.41) is 4.11. The van der Waals surface area contributed by atoms with Gasteiger partial charge in [0.25, 0.3) is 0 Å². The van der Waals surface area contributed by atoms with Crippen molar-refractivity contribution in [3.8, 4) is 22.9 Å². The van der Waals surface area contributed by atoms with Crippen molar-refractivity contribution in [1.29, 1.82) is 0 Å². The Hall–Kier alpha value is -3.99. The maximum atomic E-state index is 16.9. The van der Waals surface area contributed by atoms with Crippen LogP contribution in [-0.4, -0.2) is 34.6 Å². The van der Waals surface area contributed by atoms with Crippen LogP contribution in [0.4, 0.5) is 8.78 Å². The Morgan fingerprint density at radius 2 is 2.00 bits per heavy atom. The highest BCUT2D eigenvalue weighted by Crippen LogP contribution is 2.41. The maximum Gasteiger partial charge on any atom is 0.439 e. The second-order valence-corrected chi connectivity index (χ2v) is 11.0. The summed E-state index contributed by atoms with van der Waals surface area (Å²) in [5.74, 6) is -0.536. The van der Waals surface area contributed by atoms with Crippen molar-refractivity contribution >= 4 is 22.6 Å². The number of alkyl halides is 1. The van der Waals surface area contributed by atoms with E-state index in [0.717, 1.165) is 25.7 Å². The van der Waals surface area contributed by atoms with Crippen molar-refractivity contribution in [2.24, 2.45) is 11.8 Å². The minimum absolute atomic E-state index is 0.0116. The van der Waals surface area contributed by atoms with Crippen LogP contribution in [-0.2, 0) is 12.2 Å². The van der Waals surface area contributed by atoms with Gasteiger partial charge in [-0.2, -0.15) is 0 Å². The van der Waals surface area contributed by atoms with Crippen LogP contribution < -0.4 is 5.76 Å². The topological polar surface area (TPSA) is 115 Å². The summed E-state index contributed by atoms with van der Waals surface area (Å²) in [7, 11) is 0. The van der Waals surface area contributed by atoms with Crippen LogP contribution in [0.5, 0.6) is 0 Å². The minimum atomic E-state index is -2.31. The summed E-state index contributed by atoms with van der Waals surface area (Å²) in [4.78, 5) is 31.8. The van der Waals surface area contributed by atoms with E-state index in [-0.39, 0.29) is 29.0 Å². The normalized spacial score (nSPS) is 19.1. The molecule has 12 heteroatoms. The molecule has 5 heterocycles. The molecule has 0 saturated heterocycles. The van der Waals surface area contributed by atoms with Crippen LogP contribution in [0.25, 0.3) is 33.9 Å². The molecule has 40 heavy (non-hydrogen) atoms. The molecule has 5 aromatic rings. The van der Waals surface area contributed by atoms with Gasteiger partial charge in [0, 0.05) is 30.7 Å². The third-order valence-electron chi connectivity index (χ3n) is 7.64. The second-order valence-electron chi connectivity index (χ2n) is 10.6. The van der Waals surface area contributed by atoms with Crippen LogP contribution in [0, 0.1) is 17.7 Å². The highest BCUT2D eigenvalue weighted by Gasteiger charge is 2.38. The lowest BCUT2D eigenvalue weighted by atomic mass is 9.83.